The summed E-state index contributed by atoms with van der Waals surface area (Å²) in [5.74, 6) is 0.750. The summed E-state index contributed by atoms with van der Waals surface area (Å²) in [6.45, 7) is 2.17. The van der Waals surface area contributed by atoms with Crippen LogP contribution >= 0.6 is 43.5 Å². The standard InChI is InChI=1S/C6H9Br2Cl/c1-2-5(4-9)3-6(5,7)8/h2-4H2,1H3. The fraction of sp³-hybridized carbons (Fsp3) is 1.00. The van der Waals surface area contributed by atoms with Crippen molar-refractivity contribution in [3.05, 3.63) is 0 Å². The van der Waals surface area contributed by atoms with E-state index in [-0.39, 0.29) is 3.23 Å². The first-order valence-electron chi connectivity index (χ1n) is 3.02. The van der Waals surface area contributed by atoms with Gasteiger partial charge in [-0.1, -0.05) is 38.8 Å². The zero-order chi connectivity index (χ0) is 7.12. The Morgan fingerprint density at radius 1 is 1.56 bits per heavy atom. The molecule has 0 N–H and O–H groups in total. The molecule has 0 aliphatic heterocycles. The van der Waals surface area contributed by atoms with Gasteiger partial charge in [-0.15, -0.1) is 11.6 Å². The van der Waals surface area contributed by atoms with Gasteiger partial charge in [-0.3, -0.25) is 0 Å². The Kier molecular flexibility index (Phi) is 2.21. The van der Waals surface area contributed by atoms with Crippen LogP contribution in [0.5, 0.6) is 0 Å². The Hall–Kier alpha value is 1.25. The predicted octanol–water partition coefficient (Wildman–Crippen LogP) is 3.51. The van der Waals surface area contributed by atoms with E-state index >= 15 is 0 Å². The van der Waals surface area contributed by atoms with E-state index in [4.69, 9.17) is 11.6 Å². The summed E-state index contributed by atoms with van der Waals surface area (Å²) in [6.07, 6.45) is 2.30. The van der Waals surface area contributed by atoms with Crippen LogP contribution in [0.1, 0.15) is 19.8 Å². The van der Waals surface area contributed by atoms with Crippen molar-refractivity contribution in [2.45, 2.75) is 23.0 Å². The van der Waals surface area contributed by atoms with Crippen LogP contribution in [0.15, 0.2) is 0 Å². The number of alkyl halides is 3. The maximum atomic E-state index is 5.78. The fourth-order valence-corrected chi connectivity index (χ4v) is 3.75. The first-order chi connectivity index (χ1) is 4.08. The molecule has 0 bridgehead atoms. The Bertz CT molecular complexity index is 118. The van der Waals surface area contributed by atoms with Gasteiger partial charge >= 0.3 is 0 Å². The lowest BCUT2D eigenvalue weighted by Gasteiger charge is -2.10. The lowest BCUT2D eigenvalue weighted by atomic mass is 10.1. The molecule has 1 aliphatic rings. The third-order valence-electron chi connectivity index (χ3n) is 2.14. The monoisotopic (exact) mass is 274 g/mol. The minimum atomic E-state index is 0.156. The number of hydrogen-bond donors (Lipinski definition) is 0. The van der Waals surface area contributed by atoms with Crippen LogP contribution in [0.25, 0.3) is 0 Å². The summed E-state index contributed by atoms with van der Waals surface area (Å²) in [5, 5.41) is 0. The first kappa shape index (κ1) is 8.35. The van der Waals surface area contributed by atoms with Crippen molar-refractivity contribution in [1.29, 1.82) is 0 Å². The summed E-state index contributed by atoms with van der Waals surface area (Å²) in [7, 11) is 0. The van der Waals surface area contributed by atoms with Gasteiger partial charge < -0.3 is 0 Å². The predicted molar refractivity (Wildman–Crippen MR) is 48.6 cm³/mol. The van der Waals surface area contributed by atoms with Crippen molar-refractivity contribution in [3.63, 3.8) is 0 Å². The highest BCUT2D eigenvalue weighted by atomic mass is 79.9. The molecule has 1 fully saturated rings. The molecule has 1 aliphatic carbocycles. The summed E-state index contributed by atoms with van der Waals surface area (Å²) in [5.41, 5.74) is 0.328. The molecule has 0 nitrogen and oxygen atoms in total. The van der Waals surface area contributed by atoms with E-state index in [9.17, 15) is 0 Å². The maximum absolute atomic E-state index is 5.78. The van der Waals surface area contributed by atoms with Crippen LogP contribution in [0.3, 0.4) is 0 Å². The second-order valence-corrected chi connectivity index (χ2v) is 6.69. The van der Waals surface area contributed by atoms with E-state index in [1.165, 1.54) is 0 Å². The molecular formula is C6H9Br2Cl. The smallest absolute Gasteiger partial charge is 0.0880 e. The molecule has 3 heteroatoms. The average Bonchev–Trinajstić information content (AvgIpc) is 2.35. The third-order valence-corrected chi connectivity index (χ3v) is 4.90. The van der Waals surface area contributed by atoms with E-state index in [0.717, 1.165) is 18.7 Å². The molecule has 0 spiro atoms. The van der Waals surface area contributed by atoms with Gasteiger partial charge in [-0.05, 0) is 12.8 Å². The Balaban J connectivity index is 2.57. The zero-order valence-corrected chi connectivity index (χ0v) is 9.18. The Morgan fingerprint density at radius 3 is 2.00 bits per heavy atom. The summed E-state index contributed by atoms with van der Waals surface area (Å²) in [6, 6.07) is 0. The highest BCUT2D eigenvalue weighted by molar-refractivity contribution is 9.25. The Labute approximate surface area is 77.6 Å². The van der Waals surface area contributed by atoms with Crippen LogP contribution < -0.4 is 0 Å². The molecule has 0 radical (unpaired) electrons. The molecule has 1 rings (SSSR count). The van der Waals surface area contributed by atoms with Gasteiger partial charge in [0.1, 0.15) is 0 Å². The van der Waals surface area contributed by atoms with Gasteiger partial charge in [0.25, 0.3) is 0 Å². The molecule has 0 aromatic heterocycles. The molecule has 0 amide bonds. The van der Waals surface area contributed by atoms with E-state index in [1.807, 2.05) is 0 Å². The normalized spacial score (nSPS) is 38.7. The molecule has 1 unspecified atom stereocenters. The molecule has 1 atom stereocenters. The molecule has 1 saturated carbocycles. The van der Waals surface area contributed by atoms with Gasteiger partial charge in [0.05, 0.1) is 3.23 Å². The molecule has 0 saturated heterocycles. The van der Waals surface area contributed by atoms with E-state index in [2.05, 4.69) is 38.8 Å². The Morgan fingerprint density at radius 2 is 2.00 bits per heavy atom. The summed E-state index contributed by atoms with van der Waals surface area (Å²) >= 11 is 12.9. The quantitative estimate of drug-likeness (QED) is 0.677. The third kappa shape index (κ3) is 1.19. The fourth-order valence-electron chi connectivity index (χ4n) is 1.00. The van der Waals surface area contributed by atoms with Gasteiger partial charge in [0.15, 0.2) is 0 Å². The van der Waals surface area contributed by atoms with Crippen LogP contribution in [0, 0.1) is 5.41 Å². The molecule has 0 heterocycles. The molecular weight excluding hydrogens is 267 g/mol. The largest absolute Gasteiger partial charge is 0.126 e. The second kappa shape index (κ2) is 2.38. The average molecular weight is 276 g/mol. The lowest BCUT2D eigenvalue weighted by Crippen LogP contribution is -2.08. The number of rotatable bonds is 2. The highest BCUT2D eigenvalue weighted by Crippen LogP contribution is 2.68. The van der Waals surface area contributed by atoms with Crippen molar-refractivity contribution in [3.8, 4) is 0 Å². The van der Waals surface area contributed by atoms with Crippen LogP contribution in [0.2, 0.25) is 0 Å². The van der Waals surface area contributed by atoms with Crippen molar-refractivity contribution in [1.82, 2.24) is 0 Å². The molecule has 54 valence electrons. The second-order valence-electron chi connectivity index (χ2n) is 2.65. The maximum Gasteiger partial charge on any atom is 0.0880 e. The van der Waals surface area contributed by atoms with Gasteiger partial charge in [-0.25, -0.2) is 0 Å². The minimum Gasteiger partial charge on any atom is -0.126 e. The molecule has 0 aromatic rings. The number of halogens is 3. The zero-order valence-electron chi connectivity index (χ0n) is 5.26. The van der Waals surface area contributed by atoms with Crippen LogP contribution in [-0.4, -0.2) is 9.11 Å². The van der Waals surface area contributed by atoms with E-state index in [1.54, 1.807) is 0 Å². The van der Waals surface area contributed by atoms with Gasteiger partial charge in [0, 0.05) is 11.3 Å². The van der Waals surface area contributed by atoms with E-state index < -0.39 is 0 Å². The molecule has 0 aromatic carbocycles. The topological polar surface area (TPSA) is 0 Å². The van der Waals surface area contributed by atoms with Gasteiger partial charge in [-0.2, -0.15) is 0 Å². The van der Waals surface area contributed by atoms with Crippen molar-refractivity contribution in [2.24, 2.45) is 5.41 Å². The van der Waals surface area contributed by atoms with Gasteiger partial charge in [0.2, 0.25) is 0 Å². The van der Waals surface area contributed by atoms with Crippen molar-refractivity contribution in [2.75, 3.05) is 5.88 Å². The lowest BCUT2D eigenvalue weighted by molar-refractivity contribution is 0.558. The van der Waals surface area contributed by atoms with Crippen LogP contribution in [-0.2, 0) is 0 Å². The summed E-state index contributed by atoms with van der Waals surface area (Å²) < 4.78 is 0.156. The van der Waals surface area contributed by atoms with Crippen molar-refractivity contribution >= 4 is 43.5 Å². The first-order valence-corrected chi connectivity index (χ1v) is 5.14. The summed E-state index contributed by atoms with van der Waals surface area (Å²) in [4.78, 5) is 0. The van der Waals surface area contributed by atoms with Crippen molar-refractivity contribution < 1.29 is 0 Å². The molecule has 9 heavy (non-hydrogen) atoms. The van der Waals surface area contributed by atoms with Crippen LogP contribution in [0.4, 0.5) is 0 Å². The minimum absolute atomic E-state index is 0.156. The number of hydrogen-bond acceptors (Lipinski definition) is 0. The van der Waals surface area contributed by atoms with E-state index in [0.29, 0.717) is 5.41 Å². The SMILES string of the molecule is CCC1(CCl)CC1(Br)Br. The highest BCUT2D eigenvalue weighted by Gasteiger charge is 2.62.